The van der Waals surface area contributed by atoms with E-state index in [0.717, 1.165) is 5.69 Å². The number of nitrogens with zero attached hydrogens (tertiary/aromatic N) is 1. The van der Waals surface area contributed by atoms with E-state index in [1.807, 2.05) is 13.8 Å². The molecule has 0 saturated carbocycles. The average Bonchev–Trinajstić information content (AvgIpc) is 2.46. The van der Waals surface area contributed by atoms with E-state index in [-0.39, 0.29) is 5.84 Å². The van der Waals surface area contributed by atoms with Gasteiger partial charge in [-0.25, -0.2) is 0 Å². The number of ether oxygens (including phenoxy) is 2. The van der Waals surface area contributed by atoms with Crippen LogP contribution in [0.4, 0.5) is 5.69 Å². The quantitative estimate of drug-likeness (QED) is 0.311. The average molecular weight is 316 g/mol. The van der Waals surface area contributed by atoms with Gasteiger partial charge in [0.05, 0.1) is 24.9 Å². The molecular weight excluding hydrogens is 294 g/mol. The van der Waals surface area contributed by atoms with E-state index in [0.29, 0.717) is 29.5 Å². The number of nitrogens with one attached hydrogen (secondary N) is 1. The molecule has 0 atom stereocenters. The maximum absolute atomic E-state index is 8.75. The minimum atomic E-state index is -0.411. The molecule has 1 rings (SSSR count). The minimum absolute atomic E-state index is 0.198. The van der Waals surface area contributed by atoms with Gasteiger partial charge in [0.15, 0.2) is 0 Å². The van der Waals surface area contributed by atoms with Gasteiger partial charge in [0.1, 0.15) is 17.3 Å². The summed E-state index contributed by atoms with van der Waals surface area (Å²) in [6, 6.07) is 3.47. The molecule has 0 bridgehead atoms. The number of hydrogen-bond donors (Lipinski definition) is 3. The number of amidine groups is 1. The minimum Gasteiger partial charge on any atom is -0.495 e. The zero-order valence-corrected chi connectivity index (χ0v) is 13.5. The summed E-state index contributed by atoms with van der Waals surface area (Å²) in [5.74, 6) is 1.39. The number of benzene rings is 1. The summed E-state index contributed by atoms with van der Waals surface area (Å²) in [4.78, 5) is 0. The highest BCUT2D eigenvalue weighted by Crippen LogP contribution is 2.36. The third-order valence-corrected chi connectivity index (χ3v) is 3.64. The largest absolute Gasteiger partial charge is 0.495 e. The molecule has 0 aliphatic rings. The Kier molecular flexibility index (Phi) is 5.96. The summed E-state index contributed by atoms with van der Waals surface area (Å²) >= 11 is 6.11. The van der Waals surface area contributed by atoms with Crippen molar-refractivity contribution < 1.29 is 14.7 Å². The lowest BCUT2D eigenvalue weighted by atomic mass is 9.88. The van der Waals surface area contributed by atoms with Crippen LogP contribution in [0, 0.1) is 5.41 Å². The van der Waals surface area contributed by atoms with Gasteiger partial charge in [0, 0.05) is 18.0 Å². The highest BCUT2D eigenvalue weighted by Gasteiger charge is 2.23. The molecule has 0 aliphatic carbocycles. The van der Waals surface area contributed by atoms with E-state index in [1.54, 1.807) is 26.4 Å². The third kappa shape index (κ3) is 4.32. The summed E-state index contributed by atoms with van der Waals surface area (Å²) in [7, 11) is 3.13. The standard InChI is InChI=1S/C14H22ClN3O3/c1-14(2,13(16)18-19)5-6-17-10-7-9(15)11(20-3)8-12(10)21-4/h7-8,17,19H,5-6H2,1-4H3,(H2,16,18). The molecule has 118 valence electrons. The second kappa shape index (κ2) is 7.26. The zero-order chi connectivity index (χ0) is 16.0. The van der Waals surface area contributed by atoms with Crippen LogP contribution in [0.25, 0.3) is 0 Å². The molecule has 0 fully saturated rings. The number of oxime groups is 1. The topological polar surface area (TPSA) is 89.1 Å². The first-order valence-electron chi connectivity index (χ1n) is 6.49. The van der Waals surface area contributed by atoms with Gasteiger partial charge >= 0.3 is 0 Å². The molecule has 0 heterocycles. The predicted molar refractivity (Wildman–Crippen MR) is 84.9 cm³/mol. The van der Waals surface area contributed by atoms with Crippen LogP contribution in [0.1, 0.15) is 20.3 Å². The summed E-state index contributed by atoms with van der Waals surface area (Å²) in [6.45, 7) is 4.42. The summed E-state index contributed by atoms with van der Waals surface area (Å²) < 4.78 is 10.5. The van der Waals surface area contributed by atoms with Crippen LogP contribution in [0.2, 0.25) is 5.02 Å². The molecule has 4 N–H and O–H groups in total. The van der Waals surface area contributed by atoms with Crippen molar-refractivity contribution in [3.8, 4) is 11.5 Å². The van der Waals surface area contributed by atoms with Crippen LogP contribution in [-0.4, -0.2) is 31.8 Å². The first-order valence-corrected chi connectivity index (χ1v) is 6.87. The van der Waals surface area contributed by atoms with Crippen LogP contribution >= 0.6 is 11.6 Å². The Balaban J connectivity index is 2.78. The Morgan fingerprint density at radius 1 is 1.33 bits per heavy atom. The van der Waals surface area contributed by atoms with E-state index < -0.39 is 5.41 Å². The molecule has 6 nitrogen and oxygen atoms in total. The molecule has 0 radical (unpaired) electrons. The number of halogens is 1. The zero-order valence-electron chi connectivity index (χ0n) is 12.7. The van der Waals surface area contributed by atoms with Gasteiger partial charge in [0.25, 0.3) is 0 Å². The van der Waals surface area contributed by atoms with Crippen LogP contribution in [0.5, 0.6) is 11.5 Å². The second-order valence-corrected chi connectivity index (χ2v) is 5.64. The maximum atomic E-state index is 8.75. The number of methoxy groups -OCH3 is 2. The molecule has 7 heteroatoms. The van der Waals surface area contributed by atoms with Gasteiger partial charge in [-0.2, -0.15) is 0 Å². The van der Waals surface area contributed by atoms with Gasteiger partial charge in [-0.1, -0.05) is 30.6 Å². The van der Waals surface area contributed by atoms with E-state index in [1.165, 1.54) is 0 Å². The summed E-state index contributed by atoms with van der Waals surface area (Å²) in [5.41, 5.74) is 6.01. The molecular formula is C14H22ClN3O3. The van der Waals surface area contributed by atoms with E-state index in [2.05, 4.69) is 10.5 Å². The van der Waals surface area contributed by atoms with Gasteiger partial charge in [0.2, 0.25) is 0 Å². The van der Waals surface area contributed by atoms with Crippen LogP contribution < -0.4 is 20.5 Å². The van der Waals surface area contributed by atoms with Crippen molar-refractivity contribution in [3.63, 3.8) is 0 Å². The SMILES string of the molecule is COc1cc(OC)c(NCCC(C)(C)C(N)=NO)cc1Cl. The van der Waals surface area contributed by atoms with E-state index in [9.17, 15) is 0 Å². The van der Waals surface area contributed by atoms with Gasteiger partial charge in [-0.15, -0.1) is 0 Å². The van der Waals surface area contributed by atoms with Crippen LogP contribution in [-0.2, 0) is 0 Å². The maximum Gasteiger partial charge on any atom is 0.145 e. The van der Waals surface area contributed by atoms with E-state index in [4.69, 9.17) is 32.0 Å². The molecule has 0 unspecified atom stereocenters. The lowest BCUT2D eigenvalue weighted by Crippen LogP contribution is -2.33. The summed E-state index contributed by atoms with van der Waals surface area (Å²) in [5, 5.41) is 15.5. The van der Waals surface area contributed by atoms with Gasteiger partial charge < -0.3 is 25.7 Å². The molecule has 1 aromatic carbocycles. The van der Waals surface area contributed by atoms with Crippen molar-refractivity contribution >= 4 is 23.1 Å². The summed E-state index contributed by atoms with van der Waals surface area (Å²) in [6.07, 6.45) is 0.676. The number of rotatable bonds is 7. The molecule has 0 saturated heterocycles. The predicted octanol–water partition coefficient (Wildman–Crippen LogP) is 2.93. The first kappa shape index (κ1) is 17.2. The smallest absolute Gasteiger partial charge is 0.145 e. The Morgan fingerprint density at radius 3 is 2.48 bits per heavy atom. The van der Waals surface area contributed by atoms with Crippen molar-refractivity contribution in [2.45, 2.75) is 20.3 Å². The third-order valence-electron chi connectivity index (χ3n) is 3.34. The number of nitrogens with two attached hydrogens (primary N) is 1. The molecule has 1 aromatic rings. The van der Waals surface area contributed by atoms with Crippen molar-refractivity contribution in [3.05, 3.63) is 17.2 Å². The van der Waals surface area contributed by atoms with Crippen molar-refractivity contribution in [1.29, 1.82) is 0 Å². The Hall–Kier alpha value is -1.82. The Bertz CT molecular complexity index is 518. The molecule has 21 heavy (non-hydrogen) atoms. The van der Waals surface area contributed by atoms with Crippen LogP contribution in [0.3, 0.4) is 0 Å². The van der Waals surface area contributed by atoms with Gasteiger partial charge in [-0.3, -0.25) is 0 Å². The highest BCUT2D eigenvalue weighted by atomic mass is 35.5. The van der Waals surface area contributed by atoms with Gasteiger partial charge in [-0.05, 0) is 12.5 Å². The molecule has 0 spiro atoms. The lowest BCUT2D eigenvalue weighted by molar-refractivity contribution is 0.306. The first-order chi connectivity index (χ1) is 9.85. The van der Waals surface area contributed by atoms with E-state index >= 15 is 0 Å². The Labute approximate surface area is 129 Å². The fourth-order valence-electron chi connectivity index (χ4n) is 1.77. The monoisotopic (exact) mass is 315 g/mol. The van der Waals surface area contributed by atoms with Crippen molar-refractivity contribution in [2.24, 2.45) is 16.3 Å². The number of anilines is 1. The molecule has 0 amide bonds. The fraction of sp³-hybridized carbons (Fsp3) is 0.500. The number of hydrogen-bond acceptors (Lipinski definition) is 5. The lowest BCUT2D eigenvalue weighted by Gasteiger charge is -2.23. The van der Waals surface area contributed by atoms with Crippen LogP contribution in [0.15, 0.2) is 17.3 Å². The Morgan fingerprint density at radius 2 is 1.95 bits per heavy atom. The van der Waals surface area contributed by atoms with Crippen molar-refractivity contribution in [2.75, 3.05) is 26.1 Å². The second-order valence-electron chi connectivity index (χ2n) is 5.23. The highest BCUT2D eigenvalue weighted by molar-refractivity contribution is 6.32. The molecule has 0 aromatic heterocycles. The fourth-order valence-corrected chi connectivity index (χ4v) is 2.01. The molecule has 0 aliphatic heterocycles. The van der Waals surface area contributed by atoms with Crippen molar-refractivity contribution in [1.82, 2.24) is 0 Å². The normalized spacial score (nSPS) is 12.1.